The predicted molar refractivity (Wildman–Crippen MR) is 78.4 cm³/mol. The van der Waals surface area contributed by atoms with Gasteiger partial charge in [-0.1, -0.05) is 12.1 Å². The first-order chi connectivity index (χ1) is 10.2. The number of benzene rings is 1. The summed E-state index contributed by atoms with van der Waals surface area (Å²) in [6, 6.07) is 7.94. The zero-order valence-electron chi connectivity index (χ0n) is 12.9. The molecule has 0 spiro atoms. The summed E-state index contributed by atoms with van der Waals surface area (Å²) in [6.07, 6.45) is 0.602. The van der Waals surface area contributed by atoms with Gasteiger partial charge < -0.3 is 21.7 Å². The normalized spacial score (nSPS) is 30.1. The van der Waals surface area contributed by atoms with E-state index in [1.807, 2.05) is 12.1 Å². The second kappa shape index (κ2) is 5.92. The fraction of sp³-hybridized carbons (Fsp3) is 0.562. The lowest BCUT2D eigenvalue weighted by atomic mass is 10.1. The van der Waals surface area contributed by atoms with Crippen molar-refractivity contribution in [1.29, 1.82) is 0 Å². The zero-order valence-corrected chi connectivity index (χ0v) is 14.5. The van der Waals surface area contributed by atoms with Crippen molar-refractivity contribution in [1.82, 2.24) is 9.80 Å². The number of hydrogen-bond acceptors (Lipinski definition) is 4. The summed E-state index contributed by atoms with van der Waals surface area (Å²) in [4.78, 5) is 16.8. The summed E-state index contributed by atoms with van der Waals surface area (Å²) in [5, 5.41) is 0. The number of halogens is 1. The molecule has 0 atom stereocenters. The summed E-state index contributed by atoms with van der Waals surface area (Å²) < 4.78 is 5.94. The highest BCUT2D eigenvalue weighted by atomic mass is 79.9. The first-order valence-corrected chi connectivity index (χ1v) is 7.73. The predicted octanol–water partition coefficient (Wildman–Crippen LogP) is -2.28. The highest BCUT2D eigenvalue weighted by molar-refractivity contribution is 5.89. The molecule has 0 saturated carbocycles. The van der Waals surface area contributed by atoms with Crippen LogP contribution in [0.15, 0.2) is 24.3 Å². The standard InChI is InChI=1S/C16H22N3O2.BrH/c1-21-15(20)14-4-2-13(3-5-14)12-19-10-8-17-6-7-18(9-11-19)16(17)19;/h2-5,16H,6-12H2,1H3;1H/q+1;/p-1. The number of ether oxygens (including phenoxy) is 1. The van der Waals surface area contributed by atoms with E-state index in [1.54, 1.807) is 0 Å². The molecular weight excluding hydrogens is 346 g/mol. The van der Waals surface area contributed by atoms with E-state index < -0.39 is 0 Å². The molecule has 5 nitrogen and oxygen atoms in total. The van der Waals surface area contributed by atoms with Gasteiger partial charge in [-0.05, 0) is 12.1 Å². The Morgan fingerprint density at radius 1 is 1.14 bits per heavy atom. The molecule has 3 heterocycles. The van der Waals surface area contributed by atoms with Gasteiger partial charge in [-0.15, -0.1) is 0 Å². The van der Waals surface area contributed by atoms with Gasteiger partial charge in [0.1, 0.15) is 6.54 Å². The van der Waals surface area contributed by atoms with E-state index in [2.05, 4.69) is 21.9 Å². The van der Waals surface area contributed by atoms with Gasteiger partial charge in [-0.3, -0.25) is 4.48 Å². The summed E-state index contributed by atoms with van der Waals surface area (Å²) in [6.45, 7) is 8.47. The van der Waals surface area contributed by atoms with Crippen LogP contribution in [0.4, 0.5) is 0 Å². The monoisotopic (exact) mass is 367 g/mol. The van der Waals surface area contributed by atoms with Gasteiger partial charge in [0.15, 0.2) is 0 Å². The molecule has 22 heavy (non-hydrogen) atoms. The average Bonchev–Trinajstić information content (AvgIpc) is 3.16. The van der Waals surface area contributed by atoms with Crippen molar-refractivity contribution >= 4 is 5.97 Å². The third kappa shape index (κ3) is 2.38. The van der Waals surface area contributed by atoms with E-state index in [0.29, 0.717) is 11.9 Å². The minimum atomic E-state index is -0.260. The lowest BCUT2D eigenvalue weighted by Crippen LogP contribution is -3.00. The van der Waals surface area contributed by atoms with Crippen LogP contribution in [0.1, 0.15) is 15.9 Å². The van der Waals surface area contributed by atoms with Crippen molar-refractivity contribution in [2.75, 3.05) is 46.4 Å². The molecule has 0 bridgehead atoms. The maximum Gasteiger partial charge on any atom is 0.337 e. The minimum absolute atomic E-state index is 0. The molecule has 0 amide bonds. The van der Waals surface area contributed by atoms with Crippen LogP contribution in [0, 0.1) is 0 Å². The van der Waals surface area contributed by atoms with Crippen molar-refractivity contribution in [2.45, 2.75) is 12.8 Å². The molecule has 0 unspecified atom stereocenters. The number of quaternary nitrogens is 1. The van der Waals surface area contributed by atoms with E-state index in [-0.39, 0.29) is 23.0 Å². The van der Waals surface area contributed by atoms with Crippen molar-refractivity contribution in [2.24, 2.45) is 0 Å². The molecule has 3 aliphatic heterocycles. The topological polar surface area (TPSA) is 32.8 Å². The third-order valence-corrected chi connectivity index (χ3v) is 5.36. The van der Waals surface area contributed by atoms with E-state index in [0.717, 1.165) is 6.54 Å². The van der Waals surface area contributed by atoms with E-state index in [1.165, 1.54) is 56.4 Å². The molecule has 1 aromatic carbocycles. The number of esters is 1. The van der Waals surface area contributed by atoms with E-state index in [9.17, 15) is 4.79 Å². The molecule has 0 aliphatic carbocycles. The third-order valence-electron chi connectivity index (χ3n) is 5.36. The molecule has 0 radical (unpaired) electrons. The van der Waals surface area contributed by atoms with Gasteiger partial charge >= 0.3 is 5.97 Å². The van der Waals surface area contributed by atoms with Crippen LogP contribution >= 0.6 is 0 Å². The van der Waals surface area contributed by atoms with Crippen LogP contribution in [0.5, 0.6) is 0 Å². The summed E-state index contributed by atoms with van der Waals surface area (Å²) in [5.41, 5.74) is 1.95. The Morgan fingerprint density at radius 3 is 2.27 bits per heavy atom. The molecule has 4 rings (SSSR count). The Labute approximate surface area is 141 Å². The van der Waals surface area contributed by atoms with Gasteiger partial charge in [0.05, 0.1) is 38.9 Å². The van der Waals surface area contributed by atoms with Gasteiger partial charge in [-0.2, -0.15) is 0 Å². The highest BCUT2D eigenvalue weighted by Gasteiger charge is 2.57. The van der Waals surface area contributed by atoms with Gasteiger partial charge in [0.2, 0.25) is 6.29 Å². The van der Waals surface area contributed by atoms with Crippen molar-refractivity contribution in [3.8, 4) is 0 Å². The number of nitrogens with zero attached hydrogens (tertiary/aromatic N) is 3. The molecule has 3 fully saturated rings. The molecule has 1 aromatic rings. The van der Waals surface area contributed by atoms with E-state index in [4.69, 9.17) is 4.74 Å². The summed E-state index contributed by atoms with van der Waals surface area (Å²) in [5.74, 6) is -0.260. The molecule has 6 heteroatoms. The largest absolute Gasteiger partial charge is 1.00 e. The smallest absolute Gasteiger partial charge is 0.337 e. The molecule has 3 saturated heterocycles. The average molecular weight is 368 g/mol. The van der Waals surface area contributed by atoms with E-state index >= 15 is 0 Å². The second-order valence-electron chi connectivity index (χ2n) is 6.43. The maximum atomic E-state index is 11.5. The summed E-state index contributed by atoms with van der Waals surface area (Å²) in [7, 11) is 1.42. The number of carbonyl (C=O) groups excluding carboxylic acids is 1. The zero-order chi connectivity index (χ0) is 14.4. The van der Waals surface area contributed by atoms with Crippen LogP contribution in [0.25, 0.3) is 0 Å². The Bertz CT molecular complexity index is 547. The molecule has 3 aliphatic rings. The maximum absolute atomic E-state index is 11.5. The Morgan fingerprint density at radius 2 is 1.73 bits per heavy atom. The second-order valence-corrected chi connectivity index (χ2v) is 6.43. The van der Waals surface area contributed by atoms with Crippen LogP contribution < -0.4 is 17.0 Å². The molecule has 120 valence electrons. The molecular formula is C16H22BrN3O2. The first-order valence-electron chi connectivity index (χ1n) is 7.73. The fourth-order valence-corrected chi connectivity index (χ4v) is 4.33. The van der Waals surface area contributed by atoms with Crippen LogP contribution in [0.2, 0.25) is 0 Å². The Kier molecular flexibility index (Phi) is 4.29. The summed E-state index contributed by atoms with van der Waals surface area (Å²) >= 11 is 0. The minimum Gasteiger partial charge on any atom is -1.00 e. The van der Waals surface area contributed by atoms with Crippen LogP contribution in [-0.2, 0) is 11.3 Å². The van der Waals surface area contributed by atoms with Crippen LogP contribution in [0.3, 0.4) is 0 Å². The number of rotatable bonds is 3. The van der Waals surface area contributed by atoms with Crippen molar-refractivity contribution < 1.29 is 31.0 Å². The lowest BCUT2D eigenvalue weighted by molar-refractivity contribution is -0.949. The van der Waals surface area contributed by atoms with Gasteiger partial charge in [-0.25, -0.2) is 14.6 Å². The number of carbonyl (C=O) groups is 1. The van der Waals surface area contributed by atoms with Gasteiger partial charge in [0, 0.05) is 18.7 Å². The van der Waals surface area contributed by atoms with Gasteiger partial charge in [0.25, 0.3) is 0 Å². The Hall–Kier alpha value is -0.950. The first kappa shape index (κ1) is 15.9. The molecule has 0 aromatic heterocycles. The van der Waals surface area contributed by atoms with Crippen LogP contribution in [-0.4, -0.2) is 72.9 Å². The fourth-order valence-electron chi connectivity index (χ4n) is 4.33. The highest BCUT2D eigenvalue weighted by Crippen LogP contribution is 2.37. The Balaban J connectivity index is 0.00000144. The SMILES string of the molecule is COC(=O)c1ccc(C[N+]23CCN4CCN(CC2)C43)cc1.[Br-]. The van der Waals surface area contributed by atoms with Crippen molar-refractivity contribution in [3.63, 3.8) is 0 Å². The molecule has 0 N–H and O–H groups in total. The number of hydrogen-bond donors (Lipinski definition) is 0. The quantitative estimate of drug-likeness (QED) is 0.445. The lowest BCUT2D eigenvalue weighted by Gasteiger charge is -2.34. The number of methoxy groups -OCH3 is 1. The van der Waals surface area contributed by atoms with Crippen molar-refractivity contribution in [3.05, 3.63) is 35.4 Å².